The van der Waals surface area contributed by atoms with Crippen LogP contribution in [0, 0.1) is 5.92 Å². The average Bonchev–Trinajstić information content (AvgIpc) is 3.25. The van der Waals surface area contributed by atoms with E-state index in [1.165, 1.54) is 6.07 Å². The van der Waals surface area contributed by atoms with Crippen LogP contribution < -0.4 is 10.1 Å². The van der Waals surface area contributed by atoms with Crippen LogP contribution in [0.2, 0.25) is 0 Å². The number of carbonyl (C=O) groups is 1. The van der Waals surface area contributed by atoms with Crippen LogP contribution in [-0.4, -0.2) is 44.5 Å². The molecule has 2 aliphatic heterocycles. The van der Waals surface area contributed by atoms with Crippen molar-refractivity contribution in [2.45, 2.75) is 57.8 Å². The van der Waals surface area contributed by atoms with Gasteiger partial charge in [-0.3, -0.25) is 4.79 Å². The van der Waals surface area contributed by atoms with Gasteiger partial charge in [-0.25, -0.2) is 5.01 Å². The van der Waals surface area contributed by atoms with Gasteiger partial charge in [-0.05, 0) is 61.1 Å². The Hall–Kier alpha value is -3.20. The number of anilines is 1. The maximum atomic E-state index is 12.8. The summed E-state index contributed by atoms with van der Waals surface area (Å²) in [5.41, 5.74) is 2.60. The third kappa shape index (κ3) is 4.45. The molecule has 0 bridgehead atoms. The fourth-order valence-electron chi connectivity index (χ4n) is 4.69. The summed E-state index contributed by atoms with van der Waals surface area (Å²) in [5.74, 6) is 1.02. The van der Waals surface area contributed by atoms with E-state index in [-0.39, 0.29) is 16.7 Å². The lowest BCUT2D eigenvalue weighted by Crippen LogP contribution is -2.33. The molecule has 0 spiro atoms. The van der Waals surface area contributed by atoms with Crippen LogP contribution in [0.25, 0.3) is 0 Å². The molecule has 186 valence electrons. The van der Waals surface area contributed by atoms with Crippen LogP contribution in [0.3, 0.4) is 0 Å². The number of hydrazone groups is 1. The summed E-state index contributed by atoms with van der Waals surface area (Å²) in [6, 6.07) is 10.8. The van der Waals surface area contributed by atoms with E-state index < -0.39 is 15.4 Å². The number of benzene rings is 2. The van der Waals surface area contributed by atoms with Crippen molar-refractivity contribution < 1.29 is 17.9 Å². The summed E-state index contributed by atoms with van der Waals surface area (Å²) >= 11 is 0. The lowest BCUT2D eigenvalue weighted by molar-refractivity contribution is -0.121. The number of sulfonamides is 1. The molecule has 2 aromatic carbocycles. The molecule has 0 saturated carbocycles. The van der Waals surface area contributed by atoms with Gasteiger partial charge >= 0.3 is 0 Å². The highest BCUT2D eigenvalue weighted by molar-refractivity contribution is 7.90. The Balaban J connectivity index is 1.71. The first-order valence-corrected chi connectivity index (χ1v) is 13.5. The van der Waals surface area contributed by atoms with Gasteiger partial charge in [0.15, 0.2) is 5.84 Å². The zero-order valence-corrected chi connectivity index (χ0v) is 21.6. The topological polar surface area (TPSA) is 100 Å². The smallest absolute Gasteiger partial charge is 0.285 e. The van der Waals surface area contributed by atoms with Crippen molar-refractivity contribution in [3.8, 4) is 5.75 Å². The third-order valence-corrected chi connectivity index (χ3v) is 7.87. The molecule has 8 nitrogen and oxygen atoms in total. The van der Waals surface area contributed by atoms with E-state index in [1.54, 1.807) is 23.4 Å². The molecule has 1 amide bonds. The summed E-state index contributed by atoms with van der Waals surface area (Å²) in [6.07, 6.45) is 3.11. The number of nitrogens with one attached hydrogen (secondary N) is 1. The van der Waals surface area contributed by atoms with E-state index in [1.807, 2.05) is 52.8 Å². The summed E-state index contributed by atoms with van der Waals surface area (Å²) < 4.78 is 35.2. The Labute approximate surface area is 207 Å². The van der Waals surface area contributed by atoms with Crippen LogP contribution in [0.4, 0.5) is 5.69 Å². The standard InChI is InChI=1S/C26H32N4O4S/c1-6-26(7-2)21-13-18(9-12-22(21)28-25(26)31)15-27-30(16-17(4)5)24-20-11-10-19(34-8-3)14-23(20)35(32,33)29-24/h9-15,17H,6-8,16H2,1-5H3,(H,28,31)/b27-15+. The number of rotatable bonds is 8. The van der Waals surface area contributed by atoms with Gasteiger partial charge in [0.25, 0.3) is 10.0 Å². The second-order valence-corrected chi connectivity index (χ2v) is 10.8. The third-order valence-electron chi connectivity index (χ3n) is 6.57. The summed E-state index contributed by atoms with van der Waals surface area (Å²) in [7, 11) is -3.85. The number of nitrogens with zero attached hydrogens (tertiary/aromatic N) is 3. The van der Waals surface area contributed by atoms with Crippen molar-refractivity contribution in [3.05, 3.63) is 53.1 Å². The van der Waals surface area contributed by atoms with Crippen molar-refractivity contribution in [1.82, 2.24) is 5.01 Å². The van der Waals surface area contributed by atoms with Crippen molar-refractivity contribution in [2.75, 3.05) is 18.5 Å². The minimum absolute atomic E-state index is 0.0292. The highest BCUT2D eigenvalue weighted by atomic mass is 32.2. The van der Waals surface area contributed by atoms with Gasteiger partial charge in [0, 0.05) is 23.9 Å². The number of hydrogen-bond acceptors (Lipinski definition) is 6. The van der Waals surface area contributed by atoms with Crippen LogP contribution >= 0.6 is 0 Å². The molecule has 0 aromatic heterocycles. The molecule has 4 rings (SSSR count). The Kier molecular flexibility index (Phi) is 6.73. The van der Waals surface area contributed by atoms with Gasteiger partial charge in [0.1, 0.15) is 10.6 Å². The number of carbonyl (C=O) groups excluding carboxylic acids is 1. The molecule has 0 aliphatic carbocycles. The SMILES string of the molecule is CCOc1ccc2c(c1)S(=O)(=O)N=C2N(CC(C)C)/N=C/c1ccc2c(c1)C(CC)(CC)C(=O)N2. The molecule has 9 heteroatoms. The van der Waals surface area contributed by atoms with Crippen LogP contribution in [0.1, 0.15) is 64.2 Å². The molecule has 2 heterocycles. The maximum absolute atomic E-state index is 12.8. The summed E-state index contributed by atoms with van der Waals surface area (Å²) in [4.78, 5) is 12.8. The van der Waals surface area contributed by atoms with E-state index in [9.17, 15) is 13.2 Å². The molecule has 2 aliphatic rings. The van der Waals surface area contributed by atoms with E-state index >= 15 is 0 Å². The van der Waals surface area contributed by atoms with Crippen molar-refractivity contribution in [2.24, 2.45) is 15.4 Å². The van der Waals surface area contributed by atoms with Gasteiger partial charge in [-0.15, -0.1) is 4.40 Å². The molecular weight excluding hydrogens is 464 g/mol. The number of amidine groups is 1. The Bertz CT molecular complexity index is 1310. The normalized spacial score (nSPS) is 17.3. The highest BCUT2D eigenvalue weighted by Gasteiger charge is 2.43. The first kappa shape index (κ1) is 24.9. The van der Waals surface area contributed by atoms with Gasteiger partial charge in [0.2, 0.25) is 5.91 Å². The monoisotopic (exact) mass is 496 g/mol. The van der Waals surface area contributed by atoms with Gasteiger partial charge < -0.3 is 10.1 Å². The fourth-order valence-corrected chi connectivity index (χ4v) is 5.91. The Morgan fingerprint density at radius 1 is 1.14 bits per heavy atom. The van der Waals surface area contributed by atoms with E-state index in [0.29, 0.717) is 43.1 Å². The van der Waals surface area contributed by atoms with Crippen molar-refractivity contribution in [1.29, 1.82) is 0 Å². The zero-order chi connectivity index (χ0) is 25.4. The number of amides is 1. The van der Waals surface area contributed by atoms with Crippen LogP contribution in [-0.2, 0) is 20.2 Å². The number of ether oxygens (including phenoxy) is 1. The zero-order valence-electron chi connectivity index (χ0n) is 20.8. The van der Waals surface area contributed by atoms with Crippen LogP contribution in [0.5, 0.6) is 5.75 Å². The predicted molar refractivity (Wildman–Crippen MR) is 138 cm³/mol. The molecule has 0 atom stereocenters. The molecule has 2 aromatic rings. The van der Waals surface area contributed by atoms with Crippen LogP contribution in [0.15, 0.2) is 50.8 Å². The molecule has 35 heavy (non-hydrogen) atoms. The molecule has 0 fully saturated rings. The van der Waals surface area contributed by atoms with E-state index in [4.69, 9.17) is 4.74 Å². The van der Waals surface area contributed by atoms with E-state index in [2.05, 4.69) is 14.8 Å². The van der Waals surface area contributed by atoms with Gasteiger partial charge in [-0.2, -0.15) is 13.5 Å². The number of fused-ring (bicyclic) bond motifs is 2. The maximum Gasteiger partial charge on any atom is 0.285 e. The quantitative estimate of drug-likeness (QED) is 0.427. The molecular formula is C26H32N4O4S. The first-order chi connectivity index (χ1) is 16.6. The highest BCUT2D eigenvalue weighted by Crippen LogP contribution is 2.43. The Morgan fingerprint density at radius 2 is 1.89 bits per heavy atom. The minimum atomic E-state index is -3.85. The predicted octanol–water partition coefficient (Wildman–Crippen LogP) is 4.54. The molecule has 0 unspecified atom stereocenters. The average molecular weight is 497 g/mol. The Morgan fingerprint density at radius 3 is 2.54 bits per heavy atom. The second kappa shape index (κ2) is 9.45. The fraction of sp³-hybridized carbons (Fsp3) is 0.423. The lowest BCUT2D eigenvalue weighted by atomic mass is 9.76. The second-order valence-electron chi connectivity index (χ2n) is 9.25. The summed E-state index contributed by atoms with van der Waals surface area (Å²) in [6.45, 7) is 10.9. The molecule has 0 radical (unpaired) electrons. The molecule has 0 saturated heterocycles. The summed E-state index contributed by atoms with van der Waals surface area (Å²) in [5, 5.41) is 9.29. The van der Waals surface area contributed by atoms with Crippen molar-refractivity contribution >= 4 is 33.7 Å². The van der Waals surface area contributed by atoms with E-state index in [0.717, 1.165) is 16.8 Å². The largest absolute Gasteiger partial charge is 0.494 e. The van der Waals surface area contributed by atoms with Crippen molar-refractivity contribution in [3.63, 3.8) is 0 Å². The lowest BCUT2D eigenvalue weighted by Gasteiger charge is -2.24. The van der Waals surface area contributed by atoms with Gasteiger partial charge in [0.05, 0.1) is 18.2 Å². The number of hydrogen-bond donors (Lipinski definition) is 1. The molecule has 1 N–H and O–H groups in total. The first-order valence-electron chi connectivity index (χ1n) is 12.0. The minimum Gasteiger partial charge on any atom is -0.494 e. The van der Waals surface area contributed by atoms with Gasteiger partial charge in [-0.1, -0.05) is 33.8 Å².